The number of nitrogens with zero attached hydrogens (tertiary/aromatic N) is 1. The number of carbonyl (C=O) groups is 2. The molecule has 1 fully saturated rings. The van der Waals surface area contributed by atoms with E-state index in [0.717, 1.165) is 32.1 Å². The van der Waals surface area contributed by atoms with Crippen LogP contribution in [0.4, 0.5) is 0 Å². The third kappa shape index (κ3) is 4.21. The number of rotatable bonds is 7. The highest BCUT2D eigenvalue weighted by atomic mass is 16.7. The summed E-state index contributed by atoms with van der Waals surface area (Å²) in [5.74, 6) is -0.722. The standard InChI is InChI=1S/C20H26N2O6/c1-26-14-8-9-17(27-2)15(10-14)16-11-20(28-22-16,12-18(23)24)19(25)21-13-6-4-3-5-7-13/h8-10,13H,3-7,11-12H2,1-2H3,(H,21,25)(H,23,24)/p-1/t20-/m0/s1. The van der Waals surface area contributed by atoms with Crippen molar-refractivity contribution in [2.24, 2.45) is 5.16 Å². The van der Waals surface area contributed by atoms with Crippen LogP contribution in [0, 0.1) is 0 Å². The van der Waals surface area contributed by atoms with Gasteiger partial charge in [0.25, 0.3) is 5.91 Å². The van der Waals surface area contributed by atoms with Crippen LogP contribution in [0.25, 0.3) is 0 Å². The summed E-state index contributed by atoms with van der Waals surface area (Å²) in [4.78, 5) is 29.8. The molecule has 2 aliphatic rings. The lowest BCUT2D eigenvalue weighted by molar-refractivity contribution is -0.309. The zero-order chi connectivity index (χ0) is 20.1. The summed E-state index contributed by atoms with van der Waals surface area (Å²) in [5.41, 5.74) is -0.608. The van der Waals surface area contributed by atoms with E-state index < -0.39 is 23.9 Å². The highest BCUT2D eigenvalue weighted by Gasteiger charge is 2.48. The fourth-order valence-electron chi connectivity index (χ4n) is 3.76. The molecule has 1 N–H and O–H groups in total. The van der Waals surface area contributed by atoms with Gasteiger partial charge in [-0.1, -0.05) is 24.4 Å². The molecule has 0 spiro atoms. The number of ether oxygens (including phenoxy) is 2. The van der Waals surface area contributed by atoms with E-state index in [1.165, 1.54) is 14.2 Å². The van der Waals surface area contributed by atoms with Gasteiger partial charge in [-0.25, -0.2) is 0 Å². The van der Waals surface area contributed by atoms with Crippen LogP contribution in [0.1, 0.15) is 50.5 Å². The lowest BCUT2D eigenvalue weighted by Gasteiger charge is -2.30. The van der Waals surface area contributed by atoms with Gasteiger partial charge in [-0.15, -0.1) is 0 Å². The van der Waals surface area contributed by atoms with Gasteiger partial charge in [0, 0.05) is 30.4 Å². The lowest BCUT2D eigenvalue weighted by Crippen LogP contribution is -2.53. The number of aliphatic carboxylic acids is 1. The van der Waals surface area contributed by atoms with Crippen molar-refractivity contribution in [1.29, 1.82) is 0 Å². The van der Waals surface area contributed by atoms with Gasteiger partial charge < -0.3 is 29.5 Å². The summed E-state index contributed by atoms with van der Waals surface area (Å²) in [7, 11) is 3.06. The predicted octanol–water partition coefficient (Wildman–Crippen LogP) is 1.16. The molecule has 8 heteroatoms. The number of methoxy groups -OCH3 is 2. The highest BCUT2D eigenvalue weighted by molar-refractivity contribution is 6.08. The van der Waals surface area contributed by atoms with Crippen LogP contribution in [0.15, 0.2) is 23.4 Å². The second-order valence-corrected chi connectivity index (χ2v) is 7.22. The molecule has 3 rings (SSSR count). The third-order valence-corrected chi connectivity index (χ3v) is 5.29. The van der Waals surface area contributed by atoms with Gasteiger partial charge in [-0.05, 0) is 31.0 Å². The molecule has 152 valence electrons. The molecule has 0 bridgehead atoms. The van der Waals surface area contributed by atoms with Crippen LogP contribution >= 0.6 is 0 Å². The van der Waals surface area contributed by atoms with Crippen molar-refractivity contribution in [2.75, 3.05) is 14.2 Å². The molecule has 1 aliphatic carbocycles. The smallest absolute Gasteiger partial charge is 0.268 e. The van der Waals surface area contributed by atoms with E-state index in [-0.39, 0.29) is 12.5 Å². The van der Waals surface area contributed by atoms with Crippen LogP contribution < -0.4 is 19.9 Å². The monoisotopic (exact) mass is 389 g/mol. The van der Waals surface area contributed by atoms with Crippen molar-refractivity contribution < 1.29 is 29.0 Å². The fraction of sp³-hybridized carbons (Fsp3) is 0.550. The molecule has 0 unspecified atom stereocenters. The Morgan fingerprint density at radius 3 is 2.64 bits per heavy atom. The fourth-order valence-corrected chi connectivity index (χ4v) is 3.76. The Balaban J connectivity index is 1.83. The van der Waals surface area contributed by atoms with Gasteiger partial charge in [0.15, 0.2) is 0 Å². The number of carboxylic acids is 1. The minimum atomic E-state index is -1.63. The molecule has 1 amide bonds. The van der Waals surface area contributed by atoms with Crippen LogP contribution in [0.2, 0.25) is 0 Å². The Morgan fingerprint density at radius 1 is 1.25 bits per heavy atom. The Bertz CT molecular complexity index is 772. The molecule has 1 aromatic rings. The number of carbonyl (C=O) groups excluding carboxylic acids is 2. The van der Waals surface area contributed by atoms with Crippen LogP contribution in [0.3, 0.4) is 0 Å². The van der Waals surface area contributed by atoms with E-state index in [4.69, 9.17) is 14.3 Å². The summed E-state index contributed by atoms with van der Waals surface area (Å²) >= 11 is 0. The van der Waals surface area contributed by atoms with Crippen molar-refractivity contribution >= 4 is 17.6 Å². The number of carboxylic acid groups (broad SMARTS) is 1. The molecule has 1 aromatic carbocycles. The SMILES string of the molecule is COc1ccc(OC)c(C2=NO[C@@](CC(=O)[O-])(C(=O)NC3CCCCC3)C2)c1. The average molecular weight is 389 g/mol. The van der Waals surface area contributed by atoms with E-state index in [1.807, 2.05) is 0 Å². The first kappa shape index (κ1) is 20.0. The Kier molecular flexibility index (Phi) is 6.06. The first-order valence-corrected chi connectivity index (χ1v) is 9.45. The van der Waals surface area contributed by atoms with E-state index in [9.17, 15) is 14.7 Å². The number of nitrogens with one attached hydrogen (secondary N) is 1. The summed E-state index contributed by atoms with van der Waals surface area (Å²) in [6, 6.07) is 5.20. The van der Waals surface area contributed by atoms with E-state index in [1.54, 1.807) is 18.2 Å². The van der Waals surface area contributed by atoms with Crippen molar-refractivity contribution in [2.45, 2.75) is 56.6 Å². The molecular formula is C20H25N2O6-. The number of benzene rings is 1. The first-order chi connectivity index (χ1) is 13.5. The summed E-state index contributed by atoms with van der Waals surface area (Å²) < 4.78 is 10.6. The van der Waals surface area contributed by atoms with Crippen LogP contribution in [-0.2, 0) is 14.4 Å². The average Bonchev–Trinajstić information content (AvgIpc) is 3.12. The first-order valence-electron chi connectivity index (χ1n) is 9.45. The highest BCUT2D eigenvalue weighted by Crippen LogP contribution is 2.35. The second kappa shape index (κ2) is 8.50. The Hall–Kier alpha value is -2.77. The number of oxime groups is 1. The van der Waals surface area contributed by atoms with E-state index in [0.29, 0.717) is 22.8 Å². The summed E-state index contributed by atoms with van der Waals surface area (Å²) in [6.45, 7) is 0. The maximum absolute atomic E-state index is 13.0. The minimum absolute atomic E-state index is 0.00304. The van der Waals surface area contributed by atoms with Crippen LogP contribution in [-0.4, -0.2) is 43.5 Å². The van der Waals surface area contributed by atoms with Crippen molar-refractivity contribution in [3.63, 3.8) is 0 Å². The number of hydrogen-bond acceptors (Lipinski definition) is 7. The van der Waals surface area contributed by atoms with E-state index in [2.05, 4.69) is 10.5 Å². The predicted molar refractivity (Wildman–Crippen MR) is 99.2 cm³/mol. The maximum atomic E-state index is 13.0. The normalized spacial score (nSPS) is 22.1. The Morgan fingerprint density at radius 2 is 2.00 bits per heavy atom. The zero-order valence-corrected chi connectivity index (χ0v) is 16.2. The number of amides is 1. The molecule has 1 atom stereocenters. The third-order valence-electron chi connectivity index (χ3n) is 5.29. The van der Waals surface area contributed by atoms with Gasteiger partial charge >= 0.3 is 0 Å². The lowest BCUT2D eigenvalue weighted by atomic mass is 9.88. The van der Waals surface area contributed by atoms with Gasteiger partial charge in [0.2, 0.25) is 5.60 Å². The molecule has 1 saturated carbocycles. The van der Waals surface area contributed by atoms with Gasteiger partial charge in [0.05, 0.1) is 19.9 Å². The molecule has 0 saturated heterocycles. The molecule has 0 aromatic heterocycles. The summed E-state index contributed by atoms with van der Waals surface area (Å²) in [6.07, 6.45) is 4.42. The molecule has 28 heavy (non-hydrogen) atoms. The molecule has 1 heterocycles. The van der Waals surface area contributed by atoms with Gasteiger partial charge in [-0.2, -0.15) is 0 Å². The van der Waals surface area contributed by atoms with Crippen molar-refractivity contribution in [3.05, 3.63) is 23.8 Å². The minimum Gasteiger partial charge on any atom is -0.550 e. The van der Waals surface area contributed by atoms with Gasteiger partial charge in [-0.3, -0.25) is 4.79 Å². The Labute approximate surface area is 163 Å². The van der Waals surface area contributed by atoms with Crippen molar-refractivity contribution in [1.82, 2.24) is 5.32 Å². The van der Waals surface area contributed by atoms with Gasteiger partial charge in [0.1, 0.15) is 11.5 Å². The number of hydrogen-bond donors (Lipinski definition) is 1. The largest absolute Gasteiger partial charge is 0.550 e. The molecule has 8 nitrogen and oxygen atoms in total. The van der Waals surface area contributed by atoms with Crippen LogP contribution in [0.5, 0.6) is 11.5 Å². The molecule has 1 aliphatic heterocycles. The topological polar surface area (TPSA) is 109 Å². The van der Waals surface area contributed by atoms with Crippen molar-refractivity contribution in [3.8, 4) is 11.5 Å². The molecular weight excluding hydrogens is 364 g/mol. The molecule has 0 radical (unpaired) electrons. The zero-order valence-electron chi connectivity index (χ0n) is 16.2. The van der Waals surface area contributed by atoms with E-state index >= 15 is 0 Å². The summed E-state index contributed by atoms with van der Waals surface area (Å²) in [5, 5.41) is 18.3. The quantitative estimate of drug-likeness (QED) is 0.749. The maximum Gasteiger partial charge on any atom is 0.268 e. The second-order valence-electron chi connectivity index (χ2n) is 7.22.